The van der Waals surface area contributed by atoms with Crippen molar-refractivity contribution in [2.45, 2.75) is 6.10 Å². The summed E-state index contributed by atoms with van der Waals surface area (Å²) in [7, 11) is 0. The number of nitrogens with one attached hydrogen (secondary N) is 1. The zero-order valence-corrected chi connectivity index (χ0v) is 18.7. The Morgan fingerprint density at radius 1 is 0.972 bits per heavy atom. The Bertz CT molecular complexity index is 1520. The summed E-state index contributed by atoms with van der Waals surface area (Å²) < 4.78 is 49.4. The summed E-state index contributed by atoms with van der Waals surface area (Å²) in [6.45, 7) is 1.91. The molecule has 3 N–H and O–H groups in total. The smallest absolute Gasteiger partial charge is 0.248 e. The molecule has 0 radical (unpaired) electrons. The fraction of sp³-hybridized carbons (Fsp3) is 0.154. The van der Waals surface area contributed by atoms with Crippen molar-refractivity contribution in [3.8, 4) is 11.1 Å². The molecule has 0 saturated carbocycles. The number of halogens is 3. The Kier molecular flexibility index (Phi) is 6.21. The number of aromatic nitrogens is 2. The van der Waals surface area contributed by atoms with E-state index in [1.165, 1.54) is 24.3 Å². The number of morpholine rings is 1. The third-order valence-electron chi connectivity index (χ3n) is 5.92. The highest BCUT2D eigenvalue weighted by molar-refractivity contribution is 6.11. The summed E-state index contributed by atoms with van der Waals surface area (Å²) in [4.78, 5) is 33.3. The minimum atomic E-state index is -1.36. The van der Waals surface area contributed by atoms with E-state index in [4.69, 9.17) is 10.5 Å². The molecular formula is C26H19F3N4O3. The predicted molar refractivity (Wildman–Crippen MR) is 125 cm³/mol. The number of nitrogens with two attached hydrogens (primary N) is 1. The number of carbonyl (C=O) groups is 2. The van der Waals surface area contributed by atoms with Gasteiger partial charge < -0.3 is 15.8 Å². The molecule has 1 fully saturated rings. The Balaban J connectivity index is 1.50. The number of ketones is 1. The molecule has 4 aromatic rings. The first-order valence-corrected chi connectivity index (χ1v) is 11.0. The monoisotopic (exact) mass is 492 g/mol. The van der Waals surface area contributed by atoms with Gasteiger partial charge in [0.05, 0.1) is 35.1 Å². The first-order valence-electron chi connectivity index (χ1n) is 11.0. The summed E-state index contributed by atoms with van der Waals surface area (Å²) in [5.41, 5.74) is 5.89. The van der Waals surface area contributed by atoms with Gasteiger partial charge in [-0.1, -0.05) is 6.07 Å². The molecule has 1 amide bonds. The average Bonchev–Trinajstić information content (AvgIpc) is 2.89. The van der Waals surface area contributed by atoms with E-state index >= 15 is 0 Å². The molecule has 1 unspecified atom stereocenters. The van der Waals surface area contributed by atoms with Crippen molar-refractivity contribution in [2.24, 2.45) is 5.73 Å². The summed E-state index contributed by atoms with van der Waals surface area (Å²) in [6, 6.07) is 9.65. The van der Waals surface area contributed by atoms with Crippen LogP contribution in [0.2, 0.25) is 0 Å². The lowest BCUT2D eigenvalue weighted by Gasteiger charge is -2.22. The minimum Gasteiger partial charge on any atom is -0.369 e. The van der Waals surface area contributed by atoms with Gasteiger partial charge in [-0.3, -0.25) is 14.6 Å². The number of hydrogen-bond donors (Lipinski definition) is 2. The molecule has 7 nitrogen and oxygen atoms in total. The number of nitrogens with zero attached hydrogens (tertiary/aromatic N) is 2. The van der Waals surface area contributed by atoms with E-state index in [-0.39, 0.29) is 28.4 Å². The molecule has 1 aliphatic heterocycles. The fourth-order valence-electron chi connectivity index (χ4n) is 4.04. The molecule has 0 bridgehead atoms. The number of amides is 1. The lowest BCUT2D eigenvalue weighted by atomic mass is 9.96. The molecule has 10 heteroatoms. The first kappa shape index (κ1) is 23.6. The molecule has 1 atom stereocenters. The van der Waals surface area contributed by atoms with Crippen molar-refractivity contribution in [2.75, 3.05) is 19.7 Å². The van der Waals surface area contributed by atoms with Crippen LogP contribution in [0.25, 0.3) is 22.2 Å². The van der Waals surface area contributed by atoms with Gasteiger partial charge in [0.2, 0.25) is 5.91 Å². The molecular weight excluding hydrogens is 473 g/mol. The normalized spacial score (nSPS) is 15.7. The molecule has 0 spiro atoms. The second kappa shape index (κ2) is 9.48. The maximum absolute atomic E-state index is 14.7. The van der Waals surface area contributed by atoms with Gasteiger partial charge in [-0.2, -0.15) is 0 Å². The van der Waals surface area contributed by atoms with Gasteiger partial charge in [-0.25, -0.2) is 18.2 Å². The van der Waals surface area contributed by atoms with Crippen molar-refractivity contribution < 1.29 is 27.5 Å². The van der Waals surface area contributed by atoms with E-state index in [2.05, 4.69) is 15.3 Å². The number of benzene rings is 3. The summed E-state index contributed by atoms with van der Waals surface area (Å²) in [6.07, 6.45) is 1.31. The second-order valence-corrected chi connectivity index (χ2v) is 8.27. The lowest BCUT2D eigenvalue weighted by Crippen LogP contribution is -2.33. The Morgan fingerprint density at radius 2 is 1.78 bits per heavy atom. The minimum absolute atomic E-state index is 0.0557. The molecule has 182 valence electrons. The van der Waals surface area contributed by atoms with Crippen molar-refractivity contribution in [3.05, 3.63) is 94.6 Å². The van der Waals surface area contributed by atoms with Gasteiger partial charge in [0, 0.05) is 29.8 Å². The van der Waals surface area contributed by atoms with E-state index < -0.39 is 34.7 Å². The largest absolute Gasteiger partial charge is 0.369 e. The standard InChI is InChI=1S/C26H19F3N4O3/c27-18-8-14(26(30)35)1-3-16(18)15-7-17(24(29)19(28)9-15)25(34)13-2-4-20-21(10-13)32-11-22(33-20)23-12-31-5-6-36-23/h1-4,7-11,23,31H,5-6,12H2,(H2,30,35). The van der Waals surface area contributed by atoms with E-state index in [1.54, 1.807) is 12.3 Å². The quantitative estimate of drug-likeness (QED) is 0.412. The lowest BCUT2D eigenvalue weighted by molar-refractivity contribution is 0.0250. The molecule has 3 aromatic carbocycles. The van der Waals surface area contributed by atoms with E-state index in [1.807, 2.05) is 0 Å². The van der Waals surface area contributed by atoms with Crippen LogP contribution in [0.1, 0.15) is 38.1 Å². The van der Waals surface area contributed by atoms with E-state index in [9.17, 15) is 22.8 Å². The molecule has 0 aliphatic carbocycles. The van der Waals surface area contributed by atoms with Crippen LogP contribution in [0.4, 0.5) is 13.2 Å². The topological polar surface area (TPSA) is 107 Å². The molecule has 1 aliphatic rings. The van der Waals surface area contributed by atoms with Crippen LogP contribution in [0, 0.1) is 17.5 Å². The van der Waals surface area contributed by atoms with E-state index in [0.717, 1.165) is 24.7 Å². The van der Waals surface area contributed by atoms with Gasteiger partial charge >= 0.3 is 0 Å². The molecule has 1 saturated heterocycles. The number of primary amides is 1. The predicted octanol–water partition coefficient (Wildman–Crippen LogP) is 3.70. The van der Waals surface area contributed by atoms with E-state index in [0.29, 0.717) is 29.9 Å². The molecule has 2 heterocycles. The molecule has 1 aromatic heterocycles. The number of fused-ring (bicyclic) bond motifs is 1. The van der Waals surface area contributed by atoms with Crippen LogP contribution in [0.5, 0.6) is 0 Å². The number of hydrogen-bond acceptors (Lipinski definition) is 6. The van der Waals surface area contributed by atoms with Gasteiger partial charge in [0.25, 0.3) is 0 Å². The van der Waals surface area contributed by atoms with Crippen LogP contribution < -0.4 is 11.1 Å². The van der Waals surface area contributed by atoms with Gasteiger partial charge in [-0.15, -0.1) is 0 Å². The number of rotatable bonds is 5. The Labute approximate surface area is 203 Å². The van der Waals surface area contributed by atoms with Crippen molar-refractivity contribution in [1.29, 1.82) is 0 Å². The van der Waals surface area contributed by atoms with Crippen LogP contribution in [-0.4, -0.2) is 41.4 Å². The van der Waals surface area contributed by atoms with Crippen molar-refractivity contribution in [3.63, 3.8) is 0 Å². The highest BCUT2D eigenvalue weighted by atomic mass is 19.2. The zero-order chi connectivity index (χ0) is 25.4. The van der Waals surface area contributed by atoms with Gasteiger partial charge in [0.1, 0.15) is 11.9 Å². The second-order valence-electron chi connectivity index (χ2n) is 8.27. The Hall–Kier alpha value is -4.15. The summed E-state index contributed by atoms with van der Waals surface area (Å²) >= 11 is 0. The first-order chi connectivity index (χ1) is 17.3. The highest BCUT2D eigenvalue weighted by Crippen LogP contribution is 2.29. The van der Waals surface area contributed by atoms with Crippen molar-refractivity contribution >= 4 is 22.7 Å². The summed E-state index contributed by atoms with van der Waals surface area (Å²) in [5, 5.41) is 3.21. The van der Waals surface area contributed by atoms with Crippen LogP contribution in [0.3, 0.4) is 0 Å². The molecule has 36 heavy (non-hydrogen) atoms. The third-order valence-corrected chi connectivity index (χ3v) is 5.92. The SMILES string of the molecule is NC(=O)c1ccc(-c2cc(F)c(F)c(C(=O)c3ccc4nc(C5CNCCO5)cnc4c3)c2)c(F)c1. The number of carbonyl (C=O) groups excluding carboxylic acids is 2. The van der Waals surface area contributed by atoms with Gasteiger partial charge in [0.15, 0.2) is 17.4 Å². The third kappa shape index (κ3) is 4.43. The van der Waals surface area contributed by atoms with Crippen molar-refractivity contribution in [1.82, 2.24) is 15.3 Å². The maximum Gasteiger partial charge on any atom is 0.248 e. The summed E-state index contributed by atoms with van der Waals surface area (Å²) in [5.74, 6) is -5.20. The zero-order valence-electron chi connectivity index (χ0n) is 18.7. The molecule has 5 rings (SSSR count). The van der Waals surface area contributed by atoms with Crippen LogP contribution in [-0.2, 0) is 4.74 Å². The Morgan fingerprint density at radius 3 is 2.50 bits per heavy atom. The van der Waals surface area contributed by atoms with Crippen LogP contribution >= 0.6 is 0 Å². The highest BCUT2D eigenvalue weighted by Gasteiger charge is 2.22. The average molecular weight is 492 g/mol. The number of ether oxygens (including phenoxy) is 1. The maximum atomic E-state index is 14.7. The van der Waals surface area contributed by atoms with Crippen LogP contribution in [0.15, 0.2) is 54.7 Å². The van der Waals surface area contributed by atoms with Gasteiger partial charge in [-0.05, 0) is 48.0 Å². The fourth-order valence-corrected chi connectivity index (χ4v) is 4.04.